The van der Waals surface area contributed by atoms with Gasteiger partial charge in [0, 0.05) is 53.5 Å². The molecule has 0 bridgehead atoms. The summed E-state index contributed by atoms with van der Waals surface area (Å²) in [6.07, 6.45) is 0. The smallest absolute Gasteiger partial charge is 0.142 e. The van der Waals surface area contributed by atoms with Crippen LogP contribution in [0.25, 0.3) is 0 Å². The van der Waals surface area contributed by atoms with Crippen molar-refractivity contribution < 1.29 is 5.21 Å². The molecule has 4 aliphatic rings. The van der Waals surface area contributed by atoms with Gasteiger partial charge in [-0.3, -0.25) is 0 Å². The summed E-state index contributed by atoms with van der Waals surface area (Å²) in [5, 5.41) is 22.1. The molecule has 0 amide bonds. The van der Waals surface area contributed by atoms with E-state index in [0.29, 0.717) is 35.4 Å². The maximum Gasteiger partial charge on any atom is 0.142 e. The molecule has 2 saturated carbocycles. The fourth-order valence-corrected chi connectivity index (χ4v) is 5.89. The Morgan fingerprint density at radius 1 is 0.906 bits per heavy atom. The van der Waals surface area contributed by atoms with Crippen LogP contribution in [0.3, 0.4) is 0 Å². The van der Waals surface area contributed by atoms with Crippen molar-refractivity contribution >= 4 is 40.4 Å². The first-order chi connectivity index (χ1) is 15.5. The molecule has 0 radical (unpaired) electrons. The van der Waals surface area contributed by atoms with Gasteiger partial charge in [-0.1, -0.05) is 40.5 Å². The Balaban J connectivity index is 0.000000136. The minimum Gasteiger partial charge on any atom is -0.409 e. The first-order valence-corrected chi connectivity index (χ1v) is 11.6. The van der Waals surface area contributed by atoms with E-state index in [0.717, 1.165) is 41.9 Å². The Morgan fingerprint density at radius 2 is 1.38 bits per heavy atom. The van der Waals surface area contributed by atoms with Crippen LogP contribution in [0.2, 0.25) is 10.0 Å². The largest absolute Gasteiger partial charge is 0.409 e. The second kappa shape index (κ2) is 8.38. The number of hydrogen-bond donors (Lipinski definition) is 2. The van der Waals surface area contributed by atoms with E-state index in [1.165, 1.54) is 5.69 Å². The van der Waals surface area contributed by atoms with Crippen molar-refractivity contribution in [1.29, 1.82) is 5.26 Å². The highest BCUT2D eigenvalue weighted by molar-refractivity contribution is 6.31. The van der Waals surface area contributed by atoms with Crippen LogP contribution >= 0.6 is 23.2 Å². The van der Waals surface area contributed by atoms with Gasteiger partial charge >= 0.3 is 0 Å². The Kier molecular flexibility index (Phi) is 5.56. The lowest BCUT2D eigenvalue weighted by Gasteiger charge is -2.21. The molecular formula is C24H25Cl2N5O. The van der Waals surface area contributed by atoms with Crippen LogP contribution in [0.15, 0.2) is 53.7 Å². The SMILES string of the molecule is N#CC1C2CN(c3cccc(Cl)c3)CC12.N/C(=N\O)C1C2CN(c3cccc(Cl)c3)CC21. The lowest BCUT2D eigenvalue weighted by Crippen LogP contribution is -2.28. The van der Waals surface area contributed by atoms with Gasteiger partial charge in [0.15, 0.2) is 0 Å². The van der Waals surface area contributed by atoms with Crippen LogP contribution < -0.4 is 15.5 Å². The number of fused-ring (bicyclic) bond motifs is 2. The number of piperidine rings is 2. The average molecular weight is 470 g/mol. The standard InChI is InChI=1S/C12H14ClN3O.C12H11ClN2/c13-7-2-1-3-8(4-7)16-5-9-10(6-16)11(9)12(14)15-17;13-8-2-1-3-9(4-8)15-6-11-10(5-14)12(11)7-15/h1-4,9-11,17H,5-6H2,(H2,14,15);1-4,10-12H,6-7H2. The van der Waals surface area contributed by atoms with Gasteiger partial charge in [-0.05, 0) is 60.1 Å². The van der Waals surface area contributed by atoms with Gasteiger partial charge in [0.1, 0.15) is 5.84 Å². The van der Waals surface area contributed by atoms with Gasteiger partial charge < -0.3 is 20.7 Å². The fourth-order valence-electron chi connectivity index (χ4n) is 5.52. The van der Waals surface area contributed by atoms with E-state index in [9.17, 15) is 0 Å². The zero-order valence-electron chi connectivity index (χ0n) is 17.5. The summed E-state index contributed by atoms with van der Waals surface area (Å²) >= 11 is 11.9. The molecule has 4 unspecified atom stereocenters. The van der Waals surface area contributed by atoms with Crippen molar-refractivity contribution in [3.05, 3.63) is 58.6 Å². The lowest BCUT2D eigenvalue weighted by molar-refractivity contribution is 0.315. The molecule has 2 aromatic carbocycles. The minimum absolute atomic E-state index is 0.274. The van der Waals surface area contributed by atoms with Crippen LogP contribution in [-0.2, 0) is 0 Å². The predicted octanol–water partition coefficient (Wildman–Crippen LogP) is 4.31. The van der Waals surface area contributed by atoms with Crippen molar-refractivity contribution in [1.82, 2.24) is 0 Å². The van der Waals surface area contributed by atoms with E-state index >= 15 is 0 Å². The highest BCUT2D eigenvalue weighted by Gasteiger charge is 2.58. The zero-order valence-corrected chi connectivity index (χ0v) is 19.0. The molecular weight excluding hydrogens is 445 g/mol. The number of amidine groups is 1. The van der Waals surface area contributed by atoms with E-state index in [1.54, 1.807) is 0 Å². The summed E-state index contributed by atoms with van der Waals surface area (Å²) in [7, 11) is 0. The fraction of sp³-hybridized carbons (Fsp3) is 0.417. The number of benzene rings is 2. The van der Waals surface area contributed by atoms with E-state index < -0.39 is 0 Å². The molecule has 0 spiro atoms. The Hall–Kier alpha value is -2.62. The molecule has 0 aromatic heterocycles. The molecule has 2 aromatic rings. The predicted molar refractivity (Wildman–Crippen MR) is 127 cm³/mol. The third-order valence-electron chi connectivity index (χ3n) is 7.34. The highest BCUT2D eigenvalue weighted by Crippen LogP contribution is 2.53. The third-order valence-corrected chi connectivity index (χ3v) is 7.81. The van der Waals surface area contributed by atoms with Crippen LogP contribution in [0.5, 0.6) is 0 Å². The summed E-state index contributed by atoms with van der Waals surface area (Å²) in [5.41, 5.74) is 7.98. The number of nitriles is 1. The topological polar surface area (TPSA) is 88.9 Å². The van der Waals surface area contributed by atoms with E-state index in [4.69, 9.17) is 39.4 Å². The zero-order chi connectivity index (χ0) is 22.4. The molecule has 2 aliphatic heterocycles. The molecule has 2 heterocycles. The van der Waals surface area contributed by atoms with Gasteiger partial charge in [-0.25, -0.2) is 0 Å². The van der Waals surface area contributed by atoms with Gasteiger partial charge in [0.25, 0.3) is 0 Å². The average Bonchev–Trinajstić information content (AvgIpc) is 3.50. The Labute approximate surface area is 197 Å². The van der Waals surface area contributed by atoms with Crippen molar-refractivity contribution in [2.75, 3.05) is 36.0 Å². The quantitative estimate of drug-likeness (QED) is 0.302. The number of oxime groups is 1. The molecule has 8 heteroatoms. The normalized spacial score (nSPS) is 31.8. The number of rotatable bonds is 3. The van der Waals surface area contributed by atoms with E-state index in [1.807, 2.05) is 36.4 Å². The summed E-state index contributed by atoms with van der Waals surface area (Å²) in [4.78, 5) is 4.64. The summed E-state index contributed by atoms with van der Waals surface area (Å²) in [6.45, 7) is 3.96. The number of nitrogens with zero attached hydrogens (tertiary/aromatic N) is 4. The maximum absolute atomic E-state index is 8.82. The number of halogens is 2. The molecule has 6 nitrogen and oxygen atoms in total. The Bertz CT molecular complexity index is 1060. The minimum atomic E-state index is 0.274. The van der Waals surface area contributed by atoms with Crippen LogP contribution in [0.1, 0.15) is 0 Å². The van der Waals surface area contributed by atoms with Crippen LogP contribution in [0.4, 0.5) is 11.4 Å². The molecule has 2 aliphatic carbocycles. The molecule has 2 saturated heterocycles. The Morgan fingerprint density at radius 3 is 1.78 bits per heavy atom. The van der Waals surface area contributed by atoms with Crippen molar-refractivity contribution in [2.24, 2.45) is 46.4 Å². The van der Waals surface area contributed by atoms with E-state index in [-0.39, 0.29) is 5.92 Å². The molecule has 3 N–H and O–H groups in total. The van der Waals surface area contributed by atoms with Gasteiger partial charge in [-0.15, -0.1) is 0 Å². The second-order valence-electron chi connectivity index (χ2n) is 9.13. The number of nitrogens with two attached hydrogens (primary N) is 1. The maximum atomic E-state index is 8.82. The molecule has 4 fully saturated rings. The first-order valence-electron chi connectivity index (χ1n) is 10.9. The van der Waals surface area contributed by atoms with Crippen LogP contribution in [-0.4, -0.2) is 37.2 Å². The number of hydrogen-bond acceptors (Lipinski definition) is 5. The monoisotopic (exact) mass is 469 g/mol. The van der Waals surface area contributed by atoms with Crippen molar-refractivity contribution in [3.8, 4) is 6.07 Å². The third kappa shape index (κ3) is 3.96. The molecule has 6 rings (SSSR count). The summed E-state index contributed by atoms with van der Waals surface area (Å²) < 4.78 is 0. The van der Waals surface area contributed by atoms with E-state index in [2.05, 4.69) is 33.2 Å². The second-order valence-corrected chi connectivity index (χ2v) is 10.0. The van der Waals surface area contributed by atoms with Gasteiger partial charge in [-0.2, -0.15) is 5.26 Å². The lowest BCUT2D eigenvalue weighted by atomic mass is 10.2. The molecule has 32 heavy (non-hydrogen) atoms. The molecule has 166 valence electrons. The van der Waals surface area contributed by atoms with Crippen molar-refractivity contribution in [2.45, 2.75) is 0 Å². The number of anilines is 2. The highest BCUT2D eigenvalue weighted by atomic mass is 35.5. The van der Waals surface area contributed by atoms with Gasteiger partial charge in [0.2, 0.25) is 0 Å². The summed E-state index contributed by atoms with van der Waals surface area (Å²) in [6, 6.07) is 18.2. The van der Waals surface area contributed by atoms with Crippen LogP contribution in [0, 0.1) is 46.8 Å². The molecule has 4 atom stereocenters. The van der Waals surface area contributed by atoms with Crippen molar-refractivity contribution in [3.63, 3.8) is 0 Å². The van der Waals surface area contributed by atoms with Gasteiger partial charge in [0.05, 0.1) is 12.0 Å². The summed E-state index contributed by atoms with van der Waals surface area (Å²) in [5.74, 6) is 3.25. The first kappa shape index (κ1) is 21.2.